The number of aryl methyl sites for hydroxylation is 1. The van der Waals surface area contributed by atoms with Gasteiger partial charge in [0.2, 0.25) is 0 Å². The number of amides is 1. The van der Waals surface area contributed by atoms with Crippen molar-refractivity contribution < 1.29 is 13.9 Å². The van der Waals surface area contributed by atoms with Crippen molar-refractivity contribution in [3.63, 3.8) is 0 Å². The molecule has 4 rings (SSSR count). The van der Waals surface area contributed by atoms with E-state index in [1.54, 1.807) is 18.4 Å². The predicted octanol–water partition coefficient (Wildman–Crippen LogP) is 2.72. The molecule has 1 aromatic carbocycles. The first-order valence-electron chi connectivity index (χ1n) is 8.15. The molecule has 0 bridgehead atoms. The van der Waals surface area contributed by atoms with E-state index in [1.165, 1.54) is 18.1 Å². The van der Waals surface area contributed by atoms with E-state index in [1.807, 2.05) is 6.07 Å². The lowest BCUT2D eigenvalue weighted by Gasteiger charge is -2.23. The van der Waals surface area contributed by atoms with E-state index in [-0.39, 0.29) is 11.9 Å². The molecule has 0 spiro atoms. The highest BCUT2D eigenvalue weighted by Gasteiger charge is 2.26. The van der Waals surface area contributed by atoms with Crippen molar-refractivity contribution in [1.29, 1.82) is 0 Å². The average molecular weight is 374 g/mol. The number of tetrazole rings is 1. The lowest BCUT2D eigenvalue weighted by atomic mass is 9.93. The van der Waals surface area contributed by atoms with Crippen molar-refractivity contribution in [1.82, 2.24) is 25.5 Å². The standard InChI is InChI=1S/C17H16ClN5O3/c1-25-16-8-14(23-9-19-21-22-23)12(18)7-11(16)17(24)20-13-3-2-4-15-10(13)5-6-26-15/h5-9,13H,2-4H2,1H3,(H,20,24). The second-order valence-electron chi connectivity index (χ2n) is 5.98. The number of fused-ring (bicyclic) bond motifs is 1. The Morgan fingerprint density at radius 2 is 2.35 bits per heavy atom. The van der Waals surface area contributed by atoms with E-state index in [2.05, 4.69) is 20.8 Å². The van der Waals surface area contributed by atoms with Crippen LogP contribution in [0, 0.1) is 0 Å². The number of carbonyl (C=O) groups is 1. The molecule has 2 heterocycles. The van der Waals surface area contributed by atoms with Gasteiger partial charge in [0, 0.05) is 18.1 Å². The molecule has 8 nitrogen and oxygen atoms in total. The number of aromatic nitrogens is 4. The Kier molecular flexibility index (Phi) is 4.34. The van der Waals surface area contributed by atoms with Crippen LogP contribution in [0.1, 0.15) is 40.6 Å². The number of halogens is 1. The zero-order chi connectivity index (χ0) is 18.1. The van der Waals surface area contributed by atoms with Crippen LogP contribution in [-0.2, 0) is 6.42 Å². The van der Waals surface area contributed by atoms with Gasteiger partial charge in [0.15, 0.2) is 0 Å². The topological polar surface area (TPSA) is 95.1 Å². The van der Waals surface area contributed by atoms with Gasteiger partial charge in [-0.2, -0.15) is 4.68 Å². The highest BCUT2D eigenvalue weighted by Crippen LogP contribution is 2.33. The van der Waals surface area contributed by atoms with E-state index < -0.39 is 0 Å². The number of methoxy groups -OCH3 is 1. The maximum Gasteiger partial charge on any atom is 0.255 e. The summed E-state index contributed by atoms with van der Waals surface area (Å²) >= 11 is 6.33. The zero-order valence-corrected chi connectivity index (χ0v) is 14.7. The van der Waals surface area contributed by atoms with Crippen molar-refractivity contribution in [2.45, 2.75) is 25.3 Å². The molecule has 1 atom stereocenters. The molecule has 0 fully saturated rings. The van der Waals surface area contributed by atoms with Gasteiger partial charge in [-0.15, -0.1) is 5.10 Å². The minimum Gasteiger partial charge on any atom is -0.496 e. The molecular formula is C17H16ClN5O3. The summed E-state index contributed by atoms with van der Waals surface area (Å²) in [4.78, 5) is 12.8. The average Bonchev–Trinajstić information content (AvgIpc) is 3.33. The molecule has 1 aliphatic carbocycles. The molecule has 9 heteroatoms. The Labute approximate surface area is 154 Å². The van der Waals surface area contributed by atoms with Crippen molar-refractivity contribution in [2.24, 2.45) is 0 Å². The van der Waals surface area contributed by atoms with Crippen molar-refractivity contribution in [3.05, 3.63) is 52.7 Å². The van der Waals surface area contributed by atoms with E-state index in [0.29, 0.717) is 22.0 Å². The van der Waals surface area contributed by atoms with Crippen LogP contribution < -0.4 is 10.1 Å². The summed E-state index contributed by atoms with van der Waals surface area (Å²) in [5, 5.41) is 14.4. The van der Waals surface area contributed by atoms with Crippen LogP contribution in [0.15, 0.2) is 35.2 Å². The van der Waals surface area contributed by atoms with Gasteiger partial charge in [0.05, 0.1) is 35.7 Å². The Morgan fingerprint density at radius 3 is 3.12 bits per heavy atom. The summed E-state index contributed by atoms with van der Waals surface area (Å²) < 4.78 is 12.3. The van der Waals surface area contributed by atoms with Crippen LogP contribution in [0.4, 0.5) is 0 Å². The molecule has 2 aromatic heterocycles. The summed E-state index contributed by atoms with van der Waals surface area (Å²) in [5.74, 6) is 1.06. The molecule has 3 aromatic rings. The predicted molar refractivity (Wildman–Crippen MR) is 92.6 cm³/mol. The molecule has 1 unspecified atom stereocenters. The first-order valence-corrected chi connectivity index (χ1v) is 8.53. The number of hydrogen-bond acceptors (Lipinski definition) is 6. The van der Waals surface area contributed by atoms with Crippen LogP contribution in [0.2, 0.25) is 5.02 Å². The molecule has 0 aliphatic heterocycles. The highest BCUT2D eigenvalue weighted by atomic mass is 35.5. The largest absolute Gasteiger partial charge is 0.496 e. The SMILES string of the molecule is COc1cc(-n2cnnn2)c(Cl)cc1C(=O)NC1CCCc2occc21. The Hall–Kier alpha value is -2.87. The van der Waals surface area contributed by atoms with Gasteiger partial charge >= 0.3 is 0 Å². The molecular weight excluding hydrogens is 358 g/mol. The lowest BCUT2D eigenvalue weighted by Crippen LogP contribution is -2.30. The van der Waals surface area contributed by atoms with Crippen LogP contribution in [0.25, 0.3) is 5.69 Å². The third kappa shape index (κ3) is 2.92. The van der Waals surface area contributed by atoms with Gasteiger partial charge in [-0.05, 0) is 35.4 Å². The molecule has 1 aliphatic rings. The van der Waals surface area contributed by atoms with E-state index >= 15 is 0 Å². The number of furan rings is 1. The van der Waals surface area contributed by atoms with Gasteiger partial charge in [-0.25, -0.2) is 0 Å². The van der Waals surface area contributed by atoms with E-state index in [4.69, 9.17) is 20.8 Å². The fraction of sp³-hybridized carbons (Fsp3) is 0.294. The second-order valence-corrected chi connectivity index (χ2v) is 6.38. The molecule has 0 radical (unpaired) electrons. The van der Waals surface area contributed by atoms with E-state index in [0.717, 1.165) is 30.6 Å². The summed E-state index contributed by atoms with van der Waals surface area (Å²) in [5.41, 5.74) is 1.91. The Morgan fingerprint density at radius 1 is 1.46 bits per heavy atom. The van der Waals surface area contributed by atoms with Gasteiger partial charge in [0.25, 0.3) is 5.91 Å². The van der Waals surface area contributed by atoms with Crippen LogP contribution in [0.5, 0.6) is 5.75 Å². The molecule has 0 saturated heterocycles. The van der Waals surface area contributed by atoms with Crippen molar-refractivity contribution >= 4 is 17.5 Å². The normalized spacial score (nSPS) is 16.2. The summed E-state index contributed by atoms with van der Waals surface area (Å²) in [6.45, 7) is 0. The minimum absolute atomic E-state index is 0.0901. The number of benzene rings is 1. The van der Waals surface area contributed by atoms with Crippen molar-refractivity contribution in [3.8, 4) is 11.4 Å². The lowest BCUT2D eigenvalue weighted by molar-refractivity contribution is 0.0929. The number of ether oxygens (including phenoxy) is 1. The van der Waals surface area contributed by atoms with Crippen LogP contribution in [-0.4, -0.2) is 33.2 Å². The molecule has 0 saturated carbocycles. The maximum absolute atomic E-state index is 12.8. The molecule has 1 N–H and O–H groups in total. The van der Waals surface area contributed by atoms with Gasteiger partial charge in [-0.1, -0.05) is 11.6 Å². The fourth-order valence-electron chi connectivity index (χ4n) is 3.21. The Bertz CT molecular complexity index is 938. The number of hydrogen-bond donors (Lipinski definition) is 1. The maximum atomic E-state index is 12.8. The second kappa shape index (κ2) is 6.80. The van der Waals surface area contributed by atoms with Crippen molar-refractivity contribution in [2.75, 3.05) is 7.11 Å². The van der Waals surface area contributed by atoms with E-state index in [9.17, 15) is 4.79 Å². The molecule has 134 valence electrons. The summed E-state index contributed by atoms with van der Waals surface area (Å²) in [6.07, 6.45) is 5.79. The first kappa shape index (κ1) is 16.6. The number of nitrogens with one attached hydrogen (secondary N) is 1. The zero-order valence-electron chi connectivity index (χ0n) is 14.0. The van der Waals surface area contributed by atoms with Gasteiger partial charge in [0.1, 0.15) is 17.8 Å². The first-order chi connectivity index (χ1) is 12.7. The third-order valence-electron chi connectivity index (χ3n) is 4.47. The third-order valence-corrected chi connectivity index (χ3v) is 4.77. The number of carbonyl (C=O) groups excluding carboxylic acids is 1. The summed E-state index contributed by atoms with van der Waals surface area (Å²) in [6, 6.07) is 5.02. The molecule has 26 heavy (non-hydrogen) atoms. The smallest absolute Gasteiger partial charge is 0.255 e. The number of nitrogens with zero attached hydrogens (tertiary/aromatic N) is 4. The van der Waals surface area contributed by atoms with Crippen LogP contribution in [0.3, 0.4) is 0 Å². The summed E-state index contributed by atoms with van der Waals surface area (Å²) in [7, 11) is 1.50. The highest BCUT2D eigenvalue weighted by molar-refractivity contribution is 6.33. The minimum atomic E-state index is -0.258. The fourth-order valence-corrected chi connectivity index (χ4v) is 3.46. The van der Waals surface area contributed by atoms with Gasteiger partial charge in [-0.3, -0.25) is 4.79 Å². The van der Waals surface area contributed by atoms with Gasteiger partial charge < -0.3 is 14.5 Å². The quantitative estimate of drug-likeness (QED) is 0.755. The molecule has 1 amide bonds. The number of rotatable bonds is 4. The van der Waals surface area contributed by atoms with Crippen LogP contribution >= 0.6 is 11.6 Å². The Balaban J connectivity index is 1.63. The monoisotopic (exact) mass is 373 g/mol.